The first-order valence-corrected chi connectivity index (χ1v) is 5.96. The smallest absolute Gasteiger partial charge is 0.253 e. The van der Waals surface area contributed by atoms with E-state index < -0.39 is 0 Å². The number of carbonyl (C=O) groups excluding carboxylic acids is 1. The number of rotatable bonds is 3. The largest absolute Gasteiger partial charge is 0.508 e. The Labute approximate surface area is 112 Å². The summed E-state index contributed by atoms with van der Waals surface area (Å²) < 4.78 is 0. The van der Waals surface area contributed by atoms with Crippen LogP contribution in [0.15, 0.2) is 48.5 Å². The molecule has 4 nitrogen and oxygen atoms in total. The summed E-state index contributed by atoms with van der Waals surface area (Å²) in [4.78, 5) is 13.7. The van der Waals surface area contributed by atoms with Gasteiger partial charge in [0.15, 0.2) is 0 Å². The van der Waals surface area contributed by atoms with Gasteiger partial charge in [-0.2, -0.15) is 0 Å². The first kappa shape index (κ1) is 13.0. The number of aromatic hydroxyl groups is 1. The Morgan fingerprint density at radius 2 is 1.89 bits per heavy atom. The van der Waals surface area contributed by atoms with E-state index in [0.29, 0.717) is 23.4 Å². The monoisotopic (exact) mass is 256 g/mol. The topological polar surface area (TPSA) is 66.6 Å². The van der Waals surface area contributed by atoms with Crippen LogP contribution in [-0.2, 0) is 6.54 Å². The van der Waals surface area contributed by atoms with E-state index in [2.05, 4.69) is 0 Å². The summed E-state index contributed by atoms with van der Waals surface area (Å²) >= 11 is 0. The molecule has 0 spiro atoms. The van der Waals surface area contributed by atoms with E-state index in [0.717, 1.165) is 0 Å². The Bertz CT molecular complexity index is 582. The van der Waals surface area contributed by atoms with Gasteiger partial charge in [0.05, 0.1) is 0 Å². The zero-order chi connectivity index (χ0) is 13.8. The van der Waals surface area contributed by atoms with Gasteiger partial charge in [0, 0.05) is 36.5 Å². The molecule has 4 heteroatoms. The Kier molecular flexibility index (Phi) is 3.71. The van der Waals surface area contributed by atoms with E-state index in [1.165, 1.54) is 6.07 Å². The maximum Gasteiger partial charge on any atom is 0.253 e. The quantitative estimate of drug-likeness (QED) is 0.828. The van der Waals surface area contributed by atoms with Crippen LogP contribution >= 0.6 is 0 Å². The highest BCUT2D eigenvalue weighted by Crippen LogP contribution is 2.21. The SMILES string of the molecule is CN(Cc1ccc(N)cc1O)C(=O)c1ccccc1. The van der Waals surface area contributed by atoms with E-state index in [-0.39, 0.29) is 11.7 Å². The lowest BCUT2D eigenvalue weighted by Crippen LogP contribution is -2.26. The normalized spacial score (nSPS) is 10.2. The second-order valence-corrected chi connectivity index (χ2v) is 4.42. The van der Waals surface area contributed by atoms with E-state index >= 15 is 0 Å². The van der Waals surface area contributed by atoms with Crippen molar-refractivity contribution in [2.75, 3.05) is 12.8 Å². The van der Waals surface area contributed by atoms with E-state index in [4.69, 9.17) is 5.73 Å². The van der Waals surface area contributed by atoms with Crippen molar-refractivity contribution in [3.8, 4) is 5.75 Å². The summed E-state index contributed by atoms with van der Waals surface area (Å²) in [5.41, 5.74) is 7.36. The highest BCUT2D eigenvalue weighted by Gasteiger charge is 2.13. The number of amides is 1. The number of nitrogens with zero attached hydrogens (tertiary/aromatic N) is 1. The Morgan fingerprint density at radius 3 is 2.53 bits per heavy atom. The lowest BCUT2D eigenvalue weighted by Gasteiger charge is -2.18. The van der Waals surface area contributed by atoms with Crippen LogP contribution in [0.5, 0.6) is 5.75 Å². The maximum absolute atomic E-state index is 12.1. The number of nitrogen functional groups attached to an aromatic ring is 1. The standard InChI is InChI=1S/C15H16N2O2/c1-17(15(19)11-5-3-2-4-6-11)10-12-7-8-13(16)9-14(12)18/h2-9,18H,10,16H2,1H3. The average molecular weight is 256 g/mol. The average Bonchev–Trinajstić information content (AvgIpc) is 2.42. The molecule has 2 aromatic carbocycles. The molecule has 0 aromatic heterocycles. The van der Waals surface area contributed by atoms with Crippen LogP contribution in [0.3, 0.4) is 0 Å². The summed E-state index contributed by atoms with van der Waals surface area (Å²) in [6.07, 6.45) is 0. The third-order valence-corrected chi connectivity index (χ3v) is 2.88. The number of benzene rings is 2. The fourth-order valence-electron chi connectivity index (χ4n) is 1.84. The number of anilines is 1. The van der Waals surface area contributed by atoms with Crippen molar-refractivity contribution in [3.05, 3.63) is 59.7 Å². The second-order valence-electron chi connectivity index (χ2n) is 4.42. The molecule has 0 heterocycles. The molecule has 0 aliphatic carbocycles. The minimum absolute atomic E-state index is 0.0863. The molecule has 0 atom stereocenters. The van der Waals surface area contributed by atoms with Crippen LogP contribution in [0.25, 0.3) is 0 Å². The molecule has 0 aliphatic heterocycles. The maximum atomic E-state index is 12.1. The van der Waals surface area contributed by atoms with Crippen molar-refractivity contribution in [2.45, 2.75) is 6.54 Å². The number of phenolic OH excluding ortho intramolecular Hbond substituents is 1. The molecular formula is C15H16N2O2. The van der Waals surface area contributed by atoms with Gasteiger partial charge >= 0.3 is 0 Å². The molecule has 0 radical (unpaired) electrons. The van der Waals surface area contributed by atoms with Crippen LogP contribution in [-0.4, -0.2) is 23.0 Å². The summed E-state index contributed by atoms with van der Waals surface area (Å²) in [5.74, 6) is 0.0181. The molecular weight excluding hydrogens is 240 g/mol. The van der Waals surface area contributed by atoms with Crippen molar-refractivity contribution in [1.29, 1.82) is 0 Å². The van der Waals surface area contributed by atoms with E-state index in [1.54, 1.807) is 36.2 Å². The molecule has 0 saturated heterocycles. The zero-order valence-corrected chi connectivity index (χ0v) is 10.7. The van der Waals surface area contributed by atoms with Gasteiger partial charge in [-0.15, -0.1) is 0 Å². The van der Waals surface area contributed by atoms with Gasteiger partial charge in [-0.25, -0.2) is 0 Å². The first-order valence-electron chi connectivity index (χ1n) is 5.96. The minimum Gasteiger partial charge on any atom is -0.508 e. The van der Waals surface area contributed by atoms with Gasteiger partial charge in [-0.3, -0.25) is 4.79 Å². The fourth-order valence-corrected chi connectivity index (χ4v) is 1.84. The van der Waals surface area contributed by atoms with Crippen molar-refractivity contribution >= 4 is 11.6 Å². The highest BCUT2D eigenvalue weighted by molar-refractivity contribution is 5.94. The number of hydrogen-bond donors (Lipinski definition) is 2. The molecule has 2 aromatic rings. The molecule has 3 N–H and O–H groups in total. The predicted molar refractivity (Wildman–Crippen MR) is 74.8 cm³/mol. The number of hydrogen-bond acceptors (Lipinski definition) is 3. The van der Waals surface area contributed by atoms with Crippen molar-refractivity contribution < 1.29 is 9.90 Å². The lowest BCUT2D eigenvalue weighted by atomic mass is 10.1. The fraction of sp³-hybridized carbons (Fsp3) is 0.133. The number of phenols is 1. The second kappa shape index (κ2) is 5.44. The van der Waals surface area contributed by atoms with Gasteiger partial charge in [0.2, 0.25) is 0 Å². The van der Waals surface area contributed by atoms with E-state index in [9.17, 15) is 9.90 Å². The number of nitrogens with two attached hydrogens (primary N) is 1. The molecule has 98 valence electrons. The van der Waals surface area contributed by atoms with Gasteiger partial charge in [-0.1, -0.05) is 24.3 Å². The Balaban J connectivity index is 2.13. The summed E-state index contributed by atoms with van der Waals surface area (Å²) in [7, 11) is 1.70. The summed E-state index contributed by atoms with van der Waals surface area (Å²) in [5, 5.41) is 9.77. The Hall–Kier alpha value is -2.49. The summed E-state index contributed by atoms with van der Waals surface area (Å²) in [6, 6.07) is 13.9. The molecule has 0 saturated carbocycles. The molecule has 2 rings (SSSR count). The first-order chi connectivity index (χ1) is 9.08. The molecule has 1 amide bonds. The van der Waals surface area contributed by atoms with Gasteiger partial charge in [-0.05, 0) is 18.2 Å². The van der Waals surface area contributed by atoms with Crippen LogP contribution in [0.2, 0.25) is 0 Å². The molecule has 0 bridgehead atoms. The Morgan fingerprint density at radius 1 is 1.21 bits per heavy atom. The van der Waals surface area contributed by atoms with Gasteiger partial charge in [0.1, 0.15) is 5.75 Å². The van der Waals surface area contributed by atoms with Crippen molar-refractivity contribution in [1.82, 2.24) is 4.90 Å². The third kappa shape index (κ3) is 3.04. The predicted octanol–water partition coefficient (Wildman–Crippen LogP) is 2.25. The van der Waals surface area contributed by atoms with Crippen molar-refractivity contribution in [3.63, 3.8) is 0 Å². The number of carbonyl (C=O) groups is 1. The molecule has 0 aliphatic rings. The van der Waals surface area contributed by atoms with Crippen LogP contribution in [0.4, 0.5) is 5.69 Å². The minimum atomic E-state index is -0.0863. The van der Waals surface area contributed by atoms with Crippen LogP contribution in [0, 0.1) is 0 Å². The molecule has 0 fully saturated rings. The summed E-state index contributed by atoms with van der Waals surface area (Å²) in [6.45, 7) is 0.333. The van der Waals surface area contributed by atoms with Crippen molar-refractivity contribution in [2.24, 2.45) is 0 Å². The van der Waals surface area contributed by atoms with Crippen LogP contribution in [0.1, 0.15) is 15.9 Å². The van der Waals surface area contributed by atoms with Gasteiger partial charge in [0.25, 0.3) is 5.91 Å². The van der Waals surface area contributed by atoms with Crippen LogP contribution < -0.4 is 5.73 Å². The highest BCUT2D eigenvalue weighted by atomic mass is 16.3. The lowest BCUT2D eigenvalue weighted by molar-refractivity contribution is 0.0784. The third-order valence-electron chi connectivity index (χ3n) is 2.88. The van der Waals surface area contributed by atoms with Gasteiger partial charge < -0.3 is 15.7 Å². The molecule has 0 unspecified atom stereocenters. The zero-order valence-electron chi connectivity index (χ0n) is 10.7. The molecule has 19 heavy (non-hydrogen) atoms. The van der Waals surface area contributed by atoms with E-state index in [1.807, 2.05) is 18.2 Å².